The summed E-state index contributed by atoms with van der Waals surface area (Å²) in [6.07, 6.45) is 5.08. The van der Waals surface area contributed by atoms with E-state index in [1.54, 1.807) is 16.9 Å². The third-order valence-corrected chi connectivity index (χ3v) is 3.46. The summed E-state index contributed by atoms with van der Waals surface area (Å²) in [5.74, 6) is -0.163. The predicted molar refractivity (Wildman–Crippen MR) is 86.5 cm³/mol. The lowest BCUT2D eigenvalue weighted by atomic mass is 10.1. The van der Waals surface area contributed by atoms with Crippen molar-refractivity contribution in [3.05, 3.63) is 76.7 Å². The van der Waals surface area contributed by atoms with Crippen LogP contribution in [0, 0.1) is 10.1 Å². The summed E-state index contributed by atoms with van der Waals surface area (Å²) in [4.78, 5) is 13.9. The summed E-state index contributed by atoms with van der Waals surface area (Å²) >= 11 is 0. The molecule has 0 aliphatic carbocycles. The normalized spacial score (nSPS) is 11.9. The van der Waals surface area contributed by atoms with Crippen molar-refractivity contribution < 1.29 is 4.92 Å². The molecule has 0 fully saturated rings. The first kappa shape index (κ1) is 14.7. The summed E-state index contributed by atoms with van der Waals surface area (Å²) in [5.41, 5.74) is 2.78. The van der Waals surface area contributed by atoms with Crippen molar-refractivity contribution in [1.82, 2.24) is 14.8 Å². The molecule has 0 saturated carbocycles. The highest BCUT2D eigenvalue weighted by Gasteiger charge is 2.10. The van der Waals surface area contributed by atoms with Gasteiger partial charge in [0.25, 0.3) is 0 Å². The quantitative estimate of drug-likeness (QED) is 0.577. The molecular formula is C16H15N5O2. The first-order valence-corrected chi connectivity index (χ1v) is 7.10. The zero-order valence-electron chi connectivity index (χ0n) is 12.5. The van der Waals surface area contributed by atoms with Crippen molar-refractivity contribution >= 4 is 11.5 Å². The molecule has 0 bridgehead atoms. The molecule has 0 aliphatic heterocycles. The van der Waals surface area contributed by atoms with Gasteiger partial charge in [0.1, 0.15) is 0 Å². The van der Waals surface area contributed by atoms with Crippen molar-refractivity contribution in [1.29, 1.82) is 0 Å². The number of pyridine rings is 1. The summed E-state index contributed by atoms with van der Waals surface area (Å²) in [6.45, 7) is 2.02. The Balaban J connectivity index is 1.76. The SMILES string of the molecule is C[C@@H](Nc1ccc([N+](=O)[O-])nc1)c1cccc(-n2cccn2)c1. The zero-order chi connectivity index (χ0) is 16.2. The van der Waals surface area contributed by atoms with Gasteiger partial charge in [-0.3, -0.25) is 0 Å². The summed E-state index contributed by atoms with van der Waals surface area (Å²) < 4.78 is 1.80. The fraction of sp³-hybridized carbons (Fsp3) is 0.125. The van der Waals surface area contributed by atoms with Crippen LogP contribution in [0.4, 0.5) is 11.5 Å². The molecule has 2 heterocycles. The van der Waals surface area contributed by atoms with E-state index < -0.39 is 4.92 Å². The van der Waals surface area contributed by atoms with Gasteiger partial charge in [0.05, 0.1) is 11.4 Å². The topological polar surface area (TPSA) is 85.9 Å². The van der Waals surface area contributed by atoms with E-state index in [1.807, 2.05) is 43.5 Å². The summed E-state index contributed by atoms with van der Waals surface area (Å²) in [5, 5.41) is 18.1. The third-order valence-electron chi connectivity index (χ3n) is 3.46. The van der Waals surface area contributed by atoms with Crippen LogP contribution in [0.25, 0.3) is 5.69 Å². The number of hydrogen-bond donors (Lipinski definition) is 1. The molecule has 2 aromatic heterocycles. The van der Waals surface area contributed by atoms with Crippen molar-refractivity contribution in [3.63, 3.8) is 0 Å². The highest BCUT2D eigenvalue weighted by atomic mass is 16.6. The van der Waals surface area contributed by atoms with E-state index in [-0.39, 0.29) is 11.9 Å². The van der Waals surface area contributed by atoms with Crippen molar-refractivity contribution in [3.8, 4) is 5.69 Å². The van der Waals surface area contributed by atoms with E-state index in [9.17, 15) is 10.1 Å². The smallest absolute Gasteiger partial charge is 0.363 e. The third kappa shape index (κ3) is 3.34. The first-order chi connectivity index (χ1) is 11.1. The molecule has 23 heavy (non-hydrogen) atoms. The van der Waals surface area contributed by atoms with Gasteiger partial charge in [-0.1, -0.05) is 12.1 Å². The van der Waals surface area contributed by atoms with Crippen molar-refractivity contribution in [2.75, 3.05) is 5.32 Å². The highest BCUT2D eigenvalue weighted by molar-refractivity contribution is 5.46. The van der Waals surface area contributed by atoms with Gasteiger partial charge in [0, 0.05) is 24.5 Å². The molecule has 3 aromatic rings. The van der Waals surface area contributed by atoms with Gasteiger partial charge < -0.3 is 15.4 Å². The Bertz CT molecular complexity index is 800. The van der Waals surface area contributed by atoms with Crippen LogP contribution >= 0.6 is 0 Å². The number of anilines is 1. The van der Waals surface area contributed by atoms with E-state index in [2.05, 4.69) is 15.4 Å². The van der Waals surface area contributed by atoms with Crippen LogP contribution in [0.5, 0.6) is 0 Å². The van der Waals surface area contributed by atoms with Crippen molar-refractivity contribution in [2.24, 2.45) is 0 Å². The van der Waals surface area contributed by atoms with Crippen LogP contribution in [0.3, 0.4) is 0 Å². The van der Waals surface area contributed by atoms with Crippen LogP contribution in [0.1, 0.15) is 18.5 Å². The molecule has 1 N–H and O–H groups in total. The highest BCUT2D eigenvalue weighted by Crippen LogP contribution is 2.21. The van der Waals surface area contributed by atoms with Crippen molar-refractivity contribution in [2.45, 2.75) is 13.0 Å². The molecule has 0 unspecified atom stereocenters. The first-order valence-electron chi connectivity index (χ1n) is 7.10. The van der Waals surface area contributed by atoms with Crippen LogP contribution in [0.2, 0.25) is 0 Å². The lowest BCUT2D eigenvalue weighted by Gasteiger charge is -2.15. The molecule has 7 heteroatoms. The molecule has 3 rings (SSSR count). The number of aromatic nitrogens is 3. The monoisotopic (exact) mass is 309 g/mol. The number of hydrogen-bond acceptors (Lipinski definition) is 5. The number of nitrogens with zero attached hydrogens (tertiary/aromatic N) is 4. The van der Waals surface area contributed by atoms with Gasteiger partial charge >= 0.3 is 5.82 Å². The maximum absolute atomic E-state index is 10.6. The second kappa shape index (κ2) is 6.27. The van der Waals surface area contributed by atoms with Crippen LogP contribution in [0.15, 0.2) is 61.1 Å². The van der Waals surface area contributed by atoms with E-state index in [4.69, 9.17) is 0 Å². The Labute approximate surface area is 132 Å². The maximum Gasteiger partial charge on any atom is 0.363 e. The van der Waals surface area contributed by atoms with Gasteiger partial charge in [-0.2, -0.15) is 5.10 Å². The van der Waals surface area contributed by atoms with Gasteiger partial charge in [-0.05, 0) is 46.7 Å². The minimum absolute atomic E-state index is 0.0220. The van der Waals surface area contributed by atoms with E-state index >= 15 is 0 Å². The standard InChI is InChI=1S/C16H15N5O2/c1-12(19-14-6-7-16(17-11-14)21(22)23)13-4-2-5-15(10-13)20-9-3-8-18-20/h2-12,19H,1H3/t12-/m1/s1. The van der Waals surface area contributed by atoms with Gasteiger partial charge in [-0.25, -0.2) is 4.68 Å². The molecule has 0 aliphatic rings. The fourth-order valence-electron chi connectivity index (χ4n) is 2.27. The molecule has 116 valence electrons. The summed E-state index contributed by atoms with van der Waals surface area (Å²) in [7, 11) is 0. The fourth-order valence-corrected chi connectivity index (χ4v) is 2.27. The second-order valence-electron chi connectivity index (χ2n) is 5.07. The minimum atomic E-state index is -0.513. The molecule has 0 radical (unpaired) electrons. The van der Waals surface area contributed by atoms with Crippen LogP contribution in [-0.4, -0.2) is 19.7 Å². The molecular weight excluding hydrogens is 294 g/mol. The lowest BCUT2D eigenvalue weighted by Crippen LogP contribution is -2.08. The lowest BCUT2D eigenvalue weighted by molar-refractivity contribution is -0.389. The van der Waals surface area contributed by atoms with Crippen LogP contribution in [-0.2, 0) is 0 Å². The van der Waals surface area contributed by atoms with E-state index in [1.165, 1.54) is 12.3 Å². The number of nitro groups is 1. The Kier molecular flexibility index (Phi) is 4.01. The number of benzene rings is 1. The minimum Gasteiger partial charge on any atom is -0.375 e. The maximum atomic E-state index is 10.6. The zero-order valence-corrected chi connectivity index (χ0v) is 12.5. The van der Waals surface area contributed by atoms with E-state index in [0.29, 0.717) is 0 Å². The average Bonchev–Trinajstić information content (AvgIpc) is 3.10. The molecule has 7 nitrogen and oxygen atoms in total. The Morgan fingerprint density at radius 3 is 2.78 bits per heavy atom. The van der Waals surface area contributed by atoms with E-state index in [0.717, 1.165) is 16.9 Å². The molecule has 0 spiro atoms. The number of rotatable bonds is 5. The van der Waals surface area contributed by atoms with Crippen LogP contribution < -0.4 is 5.32 Å². The molecule has 0 saturated heterocycles. The summed E-state index contributed by atoms with van der Waals surface area (Å²) in [6, 6.07) is 12.9. The van der Waals surface area contributed by atoms with Gasteiger partial charge in [-0.15, -0.1) is 0 Å². The number of nitrogens with one attached hydrogen (secondary N) is 1. The molecule has 1 aromatic carbocycles. The Hall–Kier alpha value is -3.22. The average molecular weight is 309 g/mol. The largest absolute Gasteiger partial charge is 0.375 e. The Morgan fingerprint density at radius 2 is 2.13 bits per heavy atom. The second-order valence-corrected chi connectivity index (χ2v) is 5.07. The Morgan fingerprint density at radius 1 is 1.26 bits per heavy atom. The van der Waals surface area contributed by atoms with Gasteiger partial charge in [0.15, 0.2) is 6.20 Å². The molecule has 1 atom stereocenters. The molecule has 0 amide bonds. The predicted octanol–water partition coefficient (Wildman–Crippen LogP) is 3.35. The van der Waals surface area contributed by atoms with Gasteiger partial charge in [0.2, 0.25) is 0 Å².